The summed E-state index contributed by atoms with van der Waals surface area (Å²) in [5, 5.41) is 0. The van der Waals surface area contributed by atoms with Crippen molar-refractivity contribution in [3.63, 3.8) is 0 Å². The molecule has 0 bridgehead atoms. The monoisotopic (exact) mass is 450 g/mol. The largest absolute Gasteiger partial charge is 0.339 e. The number of aryl methyl sites for hydroxylation is 1. The summed E-state index contributed by atoms with van der Waals surface area (Å²) < 4.78 is 28.3. The van der Waals surface area contributed by atoms with E-state index >= 15 is 0 Å². The number of nitrogens with one attached hydrogen (secondary N) is 1. The molecule has 27 heavy (non-hydrogen) atoms. The van der Waals surface area contributed by atoms with Gasteiger partial charge in [-0.2, -0.15) is 0 Å². The molecule has 7 heteroatoms. The lowest BCUT2D eigenvalue weighted by molar-refractivity contribution is 0.0724. The van der Waals surface area contributed by atoms with Crippen LogP contribution in [0.1, 0.15) is 40.7 Å². The lowest BCUT2D eigenvalue weighted by Gasteiger charge is -2.26. The van der Waals surface area contributed by atoms with Crippen LogP contribution in [0.5, 0.6) is 0 Å². The van der Waals surface area contributed by atoms with E-state index in [2.05, 4.69) is 20.7 Å². The first-order valence-electron chi connectivity index (χ1n) is 9.01. The fourth-order valence-corrected chi connectivity index (χ4v) is 5.38. The maximum atomic E-state index is 12.6. The second kappa shape index (κ2) is 8.54. The number of sulfonamides is 1. The molecule has 1 saturated heterocycles. The Morgan fingerprint density at radius 3 is 2.56 bits per heavy atom. The van der Waals surface area contributed by atoms with E-state index in [9.17, 15) is 13.2 Å². The summed E-state index contributed by atoms with van der Waals surface area (Å²) in [6, 6.07) is 12.3. The highest BCUT2D eigenvalue weighted by Gasteiger charge is 2.20. The van der Waals surface area contributed by atoms with Crippen molar-refractivity contribution in [2.45, 2.75) is 37.6 Å². The number of hydrogen-bond acceptors (Lipinski definition) is 3. The van der Waals surface area contributed by atoms with Crippen molar-refractivity contribution in [3.8, 4) is 0 Å². The quantitative estimate of drug-likeness (QED) is 0.751. The molecule has 1 heterocycles. The SMILES string of the molecule is Cc1ccc(S(=O)(=O)NCc2cccc(C(=O)N3CCCCC3)c2)c(Br)c1. The van der Waals surface area contributed by atoms with Crippen molar-refractivity contribution >= 4 is 31.9 Å². The van der Waals surface area contributed by atoms with Crippen molar-refractivity contribution in [1.82, 2.24) is 9.62 Å². The minimum absolute atomic E-state index is 0.0145. The van der Waals surface area contributed by atoms with Gasteiger partial charge in [0.05, 0.1) is 4.90 Å². The van der Waals surface area contributed by atoms with E-state index in [0.717, 1.165) is 37.1 Å². The van der Waals surface area contributed by atoms with Crippen LogP contribution >= 0.6 is 15.9 Å². The fraction of sp³-hybridized carbons (Fsp3) is 0.350. The van der Waals surface area contributed by atoms with E-state index in [1.165, 1.54) is 6.42 Å². The predicted octanol–water partition coefficient (Wildman–Crippen LogP) is 3.86. The van der Waals surface area contributed by atoms with Gasteiger partial charge in [0, 0.05) is 29.7 Å². The van der Waals surface area contributed by atoms with Gasteiger partial charge in [0.1, 0.15) is 0 Å². The summed E-state index contributed by atoms with van der Waals surface area (Å²) >= 11 is 3.31. The highest BCUT2D eigenvalue weighted by Crippen LogP contribution is 2.23. The molecule has 1 aliphatic rings. The summed E-state index contributed by atoms with van der Waals surface area (Å²) in [7, 11) is -3.65. The van der Waals surface area contributed by atoms with Gasteiger partial charge in [-0.05, 0) is 77.5 Å². The Morgan fingerprint density at radius 1 is 1.11 bits per heavy atom. The number of rotatable bonds is 5. The van der Waals surface area contributed by atoms with Gasteiger partial charge in [-0.1, -0.05) is 18.2 Å². The van der Waals surface area contributed by atoms with Crippen LogP contribution in [0.25, 0.3) is 0 Å². The maximum Gasteiger partial charge on any atom is 0.253 e. The molecule has 1 amide bonds. The molecule has 0 spiro atoms. The number of amides is 1. The normalized spacial score (nSPS) is 15.0. The molecule has 0 atom stereocenters. The van der Waals surface area contributed by atoms with Gasteiger partial charge in [0.15, 0.2) is 0 Å². The number of halogens is 1. The van der Waals surface area contributed by atoms with Crippen LogP contribution in [-0.4, -0.2) is 32.3 Å². The highest BCUT2D eigenvalue weighted by atomic mass is 79.9. The van der Waals surface area contributed by atoms with E-state index in [4.69, 9.17) is 0 Å². The molecule has 2 aromatic carbocycles. The molecule has 5 nitrogen and oxygen atoms in total. The molecule has 0 aliphatic carbocycles. The van der Waals surface area contributed by atoms with Gasteiger partial charge < -0.3 is 4.90 Å². The molecule has 1 aliphatic heterocycles. The van der Waals surface area contributed by atoms with E-state index in [0.29, 0.717) is 10.0 Å². The zero-order chi connectivity index (χ0) is 19.4. The zero-order valence-corrected chi connectivity index (χ0v) is 17.6. The van der Waals surface area contributed by atoms with E-state index in [1.54, 1.807) is 36.4 Å². The van der Waals surface area contributed by atoms with Crippen LogP contribution in [0.4, 0.5) is 0 Å². The average Bonchev–Trinajstić information content (AvgIpc) is 2.66. The number of likely N-dealkylation sites (tertiary alicyclic amines) is 1. The third-order valence-corrected chi connectivity index (χ3v) is 7.04. The Morgan fingerprint density at radius 2 is 1.85 bits per heavy atom. The maximum absolute atomic E-state index is 12.6. The van der Waals surface area contributed by atoms with Crippen LogP contribution in [-0.2, 0) is 16.6 Å². The van der Waals surface area contributed by atoms with Gasteiger partial charge in [0.2, 0.25) is 10.0 Å². The number of benzene rings is 2. The Balaban J connectivity index is 1.71. The predicted molar refractivity (Wildman–Crippen MR) is 109 cm³/mol. The van der Waals surface area contributed by atoms with Crippen molar-refractivity contribution in [1.29, 1.82) is 0 Å². The van der Waals surface area contributed by atoms with E-state index < -0.39 is 10.0 Å². The Bertz CT molecular complexity index is 938. The molecule has 0 saturated carbocycles. The summed E-state index contributed by atoms with van der Waals surface area (Å²) in [6.07, 6.45) is 3.24. The van der Waals surface area contributed by atoms with Crippen molar-refractivity contribution in [2.24, 2.45) is 0 Å². The molecule has 0 unspecified atom stereocenters. The Hall–Kier alpha value is -1.70. The number of nitrogens with zero attached hydrogens (tertiary/aromatic N) is 1. The van der Waals surface area contributed by atoms with Crippen LogP contribution in [0.15, 0.2) is 51.8 Å². The highest BCUT2D eigenvalue weighted by molar-refractivity contribution is 9.10. The minimum Gasteiger partial charge on any atom is -0.339 e. The standard InChI is InChI=1S/C20H23BrN2O3S/c1-15-8-9-19(18(21)12-15)27(25,26)22-14-16-6-5-7-17(13-16)20(24)23-10-3-2-4-11-23/h5-9,12-13,22H,2-4,10-11,14H2,1H3. The third kappa shape index (κ3) is 4.97. The molecular weight excluding hydrogens is 428 g/mol. The summed E-state index contributed by atoms with van der Waals surface area (Å²) in [4.78, 5) is 14.7. The second-order valence-corrected chi connectivity index (χ2v) is 9.40. The van der Waals surface area contributed by atoms with Crippen LogP contribution < -0.4 is 4.72 Å². The average molecular weight is 451 g/mol. The summed E-state index contributed by atoms with van der Waals surface area (Å²) in [6.45, 7) is 3.61. The van der Waals surface area contributed by atoms with E-state index in [-0.39, 0.29) is 17.3 Å². The lowest BCUT2D eigenvalue weighted by atomic mass is 10.1. The smallest absolute Gasteiger partial charge is 0.253 e. The van der Waals surface area contributed by atoms with Crippen molar-refractivity contribution in [3.05, 3.63) is 63.6 Å². The van der Waals surface area contributed by atoms with Gasteiger partial charge >= 0.3 is 0 Å². The Labute approximate surface area is 169 Å². The van der Waals surface area contributed by atoms with Crippen LogP contribution in [0.3, 0.4) is 0 Å². The first kappa shape index (κ1) is 20.0. The molecule has 144 valence electrons. The van der Waals surface area contributed by atoms with Gasteiger partial charge in [0.25, 0.3) is 5.91 Å². The zero-order valence-electron chi connectivity index (χ0n) is 15.2. The number of hydrogen-bond donors (Lipinski definition) is 1. The van der Waals surface area contributed by atoms with Gasteiger partial charge in [-0.15, -0.1) is 0 Å². The molecule has 2 aromatic rings. The van der Waals surface area contributed by atoms with Crippen molar-refractivity contribution in [2.75, 3.05) is 13.1 Å². The first-order valence-corrected chi connectivity index (χ1v) is 11.3. The fourth-order valence-electron chi connectivity index (χ4n) is 3.17. The summed E-state index contributed by atoms with van der Waals surface area (Å²) in [5.41, 5.74) is 2.33. The number of carbonyl (C=O) groups is 1. The first-order chi connectivity index (χ1) is 12.9. The molecule has 1 N–H and O–H groups in total. The van der Waals surface area contributed by atoms with Crippen LogP contribution in [0.2, 0.25) is 0 Å². The topological polar surface area (TPSA) is 66.5 Å². The molecule has 0 radical (unpaired) electrons. The lowest BCUT2D eigenvalue weighted by Crippen LogP contribution is -2.35. The van der Waals surface area contributed by atoms with E-state index in [1.807, 2.05) is 17.9 Å². The second-order valence-electron chi connectivity index (χ2n) is 6.81. The number of carbonyl (C=O) groups excluding carboxylic acids is 1. The molecule has 1 fully saturated rings. The molecular formula is C20H23BrN2O3S. The summed E-state index contributed by atoms with van der Waals surface area (Å²) in [5.74, 6) is 0.0145. The van der Waals surface area contributed by atoms with Crippen molar-refractivity contribution < 1.29 is 13.2 Å². The molecule has 3 rings (SSSR count). The number of piperidine rings is 1. The minimum atomic E-state index is -3.65. The Kier molecular flexibility index (Phi) is 6.34. The molecule has 0 aromatic heterocycles. The van der Waals surface area contributed by atoms with Crippen LogP contribution in [0, 0.1) is 6.92 Å². The third-order valence-electron chi connectivity index (χ3n) is 4.66. The van der Waals surface area contributed by atoms with Gasteiger partial charge in [-0.3, -0.25) is 4.79 Å². The van der Waals surface area contributed by atoms with Gasteiger partial charge in [-0.25, -0.2) is 13.1 Å².